The molecule has 1 unspecified atom stereocenters. The molecule has 98 valence electrons. The molecular formula is C12H12N4O3. The number of aromatic nitrogens is 2. The van der Waals surface area contributed by atoms with Gasteiger partial charge >= 0.3 is 5.69 Å². The smallest absolute Gasteiger partial charge is 0.305 e. The third-order valence-electron chi connectivity index (χ3n) is 2.49. The van der Waals surface area contributed by atoms with Gasteiger partial charge in [-0.1, -0.05) is 30.3 Å². The van der Waals surface area contributed by atoms with Gasteiger partial charge in [0.1, 0.15) is 12.4 Å². The van der Waals surface area contributed by atoms with Crippen molar-refractivity contribution in [1.29, 1.82) is 0 Å². The Hall–Kier alpha value is -2.54. The van der Waals surface area contributed by atoms with E-state index in [1.54, 1.807) is 0 Å². The number of benzene rings is 1. The number of aliphatic hydroxyl groups is 1. The third kappa shape index (κ3) is 3.46. The Balaban J connectivity index is 1.93. The summed E-state index contributed by atoms with van der Waals surface area (Å²) in [7, 11) is 0. The molecule has 7 heteroatoms. The number of hydrogen-bond acceptors (Lipinski definition) is 6. The molecule has 19 heavy (non-hydrogen) atoms. The average Bonchev–Trinajstić information content (AvgIpc) is 2.46. The van der Waals surface area contributed by atoms with E-state index in [0.717, 1.165) is 18.0 Å². The molecule has 1 aromatic carbocycles. The van der Waals surface area contributed by atoms with Gasteiger partial charge in [0, 0.05) is 6.54 Å². The molecular weight excluding hydrogens is 248 g/mol. The first-order valence-corrected chi connectivity index (χ1v) is 5.60. The summed E-state index contributed by atoms with van der Waals surface area (Å²) in [6.45, 7) is 0.224. The molecule has 0 aliphatic carbocycles. The van der Waals surface area contributed by atoms with Crippen LogP contribution in [0.5, 0.6) is 0 Å². The Morgan fingerprint density at radius 2 is 1.89 bits per heavy atom. The highest BCUT2D eigenvalue weighted by molar-refractivity contribution is 5.31. The minimum Gasteiger partial charge on any atom is -0.387 e. The average molecular weight is 260 g/mol. The number of hydrogen-bond donors (Lipinski definition) is 2. The van der Waals surface area contributed by atoms with Gasteiger partial charge < -0.3 is 10.4 Å². The summed E-state index contributed by atoms with van der Waals surface area (Å²) < 4.78 is 0. The Labute approximate surface area is 109 Å². The quantitative estimate of drug-likeness (QED) is 0.624. The van der Waals surface area contributed by atoms with Gasteiger partial charge in [-0.15, -0.1) is 0 Å². The second-order valence-electron chi connectivity index (χ2n) is 3.83. The Morgan fingerprint density at radius 3 is 2.47 bits per heavy atom. The number of nitrogens with one attached hydrogen (secondary N) is 1. The van der Waals surface area contributed by atoms with Crippen LogP contribution in [-0.2, 0) is 0 Å². The number of anilines is 1. The summed E-state index contributed by atoms with van der Waals surface area (Å²) in [5, 5.41) is 23.1. The number of nitro groups is 1. The van der Waals surface area contributed by atoms with E-state index >= 15 is 0 Å². The number of nitrogens with zero attached hydrogens (tertiary/aromatic N) is 3. The maximum Gasteiger partial charge on any atom is 0.305 e. The minimum atomic E-state index is -0.694. The lowest BCUT2D eigenvalue weighted by atomic mass is 10.1. The lowest BCUT2D eigenvalue weighted by molar-refractivity contribution is -0.385. The van der Waals surface area contributed by atoms with Gasteiger partial charge in [-0.3, -0.25) is 10.1 Å². The fourth-order valence-electron chi connectivity index (χ4n) is 1.49. The van der Waals surface area contributed by atoms with E-state index in [4.69, 9.17) is 0 Å². The van der Waals surface area contributed by atoms with Crippen molar-refractivity contribution < 1.29 is 10.0 Å². The van der Waals surface area contributed by atoms with Crippen molar-refractivity contribution >= 4 is 11.6 Å². The van der Waals surface area contributed by atoms with Crippen LogP contribution < -0.4 is 5.32 Å². The van der Waals surface area contributed by atoms with E-state index < -0.39 is 11.0 Å². The van der Waals surface area contributed by atoms with Gasteiger partial charge in [0.2, 0.25) is 5.95 Å². The standard InChI is InChI=1S/C12H12N4O3/c17-11(9-4-2-1-3-5-9)8-15-12-13-6-10(7-14-12)16(18)19/h1-7,11,17H,8H2,(H,13,14,15). The molecule has 2 aromatic rings. The zero-order valence-corrected chi connectivity index (χ0v) is 9.93. The highest BCUT2D eigenvalue weighted by atomic mass is 16.6. The molecule has 0 saturated carbocycles. The van der Waals surface area contributed by atoms with Gasteiger partial charge in [-0.25, -0.2) is 9.97 Å². The van der Waals surface area contributed by atoms with Crippen molar-refractivity contribution in [2.75, 3.05) is 11.9 Å². The van der Waals surface area contributed by atoms with E-state index in [0.29, 0.717) is 0 Å². The van der Waals surface area contributed by atoms with Crippen LogP contribution in [0.2, 0.25) is 0 Å². The molecule has 0 fully saturated rings. The molecule has 0 saturated heterocycles. The summed E-state index contributed by atoms with van der Waals surface area (Å²) in [5.41, 5.74) is 0.603. The van der Waals surface area contributed by atoms with E-state index in [9.17, 15) is 15.2 Å². The molecule has 0 aliphatic heterocycles. The van der Waals surface area contributed by atoms with E-state index in [1.807, 2.05) is 30.3 Å². The van der Waals surface area contributed by atoms with Crippen LogP contribution in [0, 0.1) is 10.1 Å². The zero-order chi connectivity index (χ0) is 13.7. The lowest BCUT2D eigenvalue weighted by Gasteiger charge is -2.11. The first-order valence-electron chi connectivity index (χ1n) is 5.60. The number of aliphatic hydroxyl groups excluding tert-OH is 1. The monoisotopic (exact) mass is 260 g/mol. The molecule has 1 atom stereocenters. The van der Waals surface area contributed by atoms with Gasteiger partial charge in [0.25, 0.3) is 0 Å². The first kappa shape index (κ1) is 12.9. The van der Waals surface area contributed by atoms with Crippen LogP contribution in [0.25, 0.3) is 0 Å². The predicted molar refractivity (Wildman–Crippen MR) is 68.6 cm³/mol. The first-order chi connectivity index (χ1) is 9.16. The van der Waals surface area contributed by atoms with Crippen LogP contribution >= 0.6 is 0 Å². The normalized spacial score (nSPS) is 11.8. The van der Waals surface area contributed by atoms with Crippen LogP contribution in [0.1, 0.15) is 11.7 Å². The molecule has 0 bridgehead atoms. The Morgan fingerprint density at radius 1 is 1.26 bits per heavy atom. The van der Waals surface area contributed by atoms with Crippen LogP contribution in [-0.4, -0.2) is 26.5 Å². The molecule has 1 aromatic heterocycles. The highest BCUT2D eigenvalue weighted by Gasteiger charge is 2.09. The van der Waals surface area contributed by atoms with E-state index in [1.165, 1.54) is 0 Å². The molecule has 7 nitrogen and oxygen atoms in total. The van der Waals surface area contributed by atoms with Gasteiger partial charge in [0.15, 0.2) is 0 Å². The molecule has 0 amide bonds. The fourth-order valence-corrected chi connectivity index (χ4v) is 1.49. The Kier molecular flexibility index (Phi) is 3.99. The van der Waals surface area contributed by atoms with Crippen molar-refractivity contribution in [3.05, 3.63) is 58.4 Å². The second kappa shape index (κ2) is 5.87. The molecule has 0 spiro atoms. The van der Waals surface area contributed by atoms with Gasteiger partial charge in [-0.2, -0.15) is 0 Å². The van der Waals surface area contributed by atoms with E-state index in [-0.39, 0.29) is 18.2 Å². The van der Waals surface area contributed by atoms with Gasteiger partial charge in [0.05, 0.1) is 11.0 Å². The molecule has 0 radical (unpaired) electrons. The topological polar surface area (TPSA) is 101 Å². The molecule has 0 aliphatic rings. The predicted octanol–water partition coefficient (Wildman–Crippen LogP) is 1.53. The lowest BCUT2D eigenvalue weighted by Crippen LogP contribution is -2.13. The summed E-state index contributed by atoms with van der Waals surface area (Å²) in [5.74, 6) is 0.237. The van der Waals surface area contributed by atoms with Crippen LogP contribution in [0.4, 0.5) is 11.6 Å². The fraction of sp³-hybridized carbons (Fsp3) is 0.167. The van der Waals surface area contributed by atoms with Crippen molar-refractivity contribution in [1.82, 2.24) is 9.97 Å². The largest absolute Gasteiger partial charge is 0.387 e. The van der Waals surface area contributed by atoms with Crippen molar-refractivity contribution in [3.63, 3.8) is 0 Å². The van der Waals surface area contributed by atoms with E-state index in [2.05, 4.69) is 15.3 Å². The van der Waals surface area contributed by atoms with Crippen LogP contribution in [0.3, 0.4) is 0 Å². The van der Waals surface area contributed by atoms with Crippen molar-refractivity contribution in [3.8, 4) is 0 Å². The van der Waals surface area contributed by atoms with Crippen molar-refractivity contribution in [2.24, 2.45) is 0 Å². The summed E-state index contributed by atoms with van der Waals surface area (Å²) >= 11 is 0. The summed E-state index contributed by atoms with van der Waals surface area (Å²) in [6.07, 6.45) is 1.54. The minimum absolute atomic E-state index is 0.172. The second-order valence-corrected chi connectivity index (χ2v) is 3.83. The SMILES string of the molecule is O=[N+]([O-])c1cnc(NCC(O)c2ccccc2)nc1. The third-order valence-corrected chi connectivity index (χ3v) is 2.49. The van der Waals surface area contributed by atoms with Crippen molar-refractivity contribution in [2.45, 2.75) is 6.10 Å². The zero-order valence-electron chi connectivity index (χ0n) is 9.93. The number of rotatable bonds is 5. The molecule has 1 heterocycles. The maximum atomic E-state index is 10.4. The summed E-state index contributed by atoms with van der Waals surface area (Å²) in [4.78, 5) is 17.4. The Bertz CT molecular complexity index is 545. The molecule has 2 N–H and O–H groups in total. The maximum absolute atomic E-state index is 10.4. The summed E-state index contributed by atoms with van der Waals surface area (Å²) in [6, 6.07) is 9.15. The van der Waals surface area contributed by atoms with Gasteiger partial charge in [-0.05, 0) is 5.56 Å². The van der Waals surface area contributed by atoms with Crippen LogP contribution in [0.15, 0.2) is 42.7 Å². The highest BCUT2D eigenvalue weighted by Crippen LogP contribution is 2.13. The molecule has 2 rings (SSSR count).